The van der Waals surface area contributed by atoms with Crippen LogP contribution in [0.4, 0.5) is 4.39 Å². The number of benzene rings is 1. The molecule has 100 valence electrons. The summed E-state index contributed by atoms with van der Waals surface area (Å²) in [6, 6.07) is 9.18. The Labute approximate surface area is 113 Å². The Morgan fingerprint density at radius 3 is 3.05 bits per heavy atom. The van der Waals surface area contributed by atoms with E-state index < -0.39 is 0 Å². The van der Waals surface area contributed by atoms with Crippen LogP contribution in [0.25, 0.3) is 0 Å². The molecule has 0 saturated carbocycles. The predicted molar refractivity (Wildman–Crippen MR) is 74.4 cm³/mol. The molecule has 1 atom stereocenters. The maximum absolute atomic E-state index is 13.1. The minimum Gasteiger partial charge on any atom is -0.351 e. The van der Waals surface area contributed by atoms with Gasteiger partial charge in [-0.15, -0.1) is 0 Å². The number of hydrogen-bond donors (Lipinski definition) is 1. The molecule has 1 heterocycles. The molecule has 1 aliphatic rings. The maximum atomic E-state index is 13.1. The average Bonchev–Trinajstić information content (AvgIpc) is 2.81. The molecule has 1 unspecified atom stereocenters. The third-order valence-electron chi connectivity index (χ3n) is 3.97. The highest BCUT2D eigenvalue weighted by Gasteiger charge is 2.19. The van der Waals surface area contributed by atoms with Crippen molar-refractivity contribution in [2.24, 2.45) is 5.73 Å². The lowest BCUT2D eigenvalue weighted by atomic mass is 9.93. The number of rotatable bonds is 3. The number of aromatic nitrogens is 1. The van der Waals surface area contributed by atoms with E-state index in [1.807, 2.05) is 6.07 Å². The van der Waals surface area contributed by atoms with E-state index in [4.69, 9.17) is 5.73 Å². The second-order valence-electron chi connectivity index (χ2n) is 5.29. The van der Waals surface area contributed by atoms with Crippen LogP contribution >= 0.6 is 0 Å². The van der Waals surface area contributed by atoms with Gasteiger partial charge in [-0.1, -0.05) is 12.1 Å². The molecule has 2 N–H and O–H groups in total. The van der Waals surface area contributed by atoms with Gasteiger partial charge in [0.05, 0.1) is 0 Å². The summed E-state index contributed by atoms with van der Waals surface area (Å²) in [4.78, 5) is 0. The summed E-state index contributed by atoms with van der Waals surface area (Å²) < 4.78 is 15.4. The van der Waals surface area contributed by atoms with Gasteiger partial charge in [-0.25, -0.2) is 4.39 Å². The lowest BCUT2D eigenvalue weighted by molar-refractivity contribution is 0.538. The third-order valence-corrected chi connectivity index (χ3v) is 3.97. The fourth-order valence-electron chi connectivity index (χ4n) is 2.94. The minimum absolute atomic E-state index is 0.158. The number of fused-ring (bicyclic) bond motifs is 1. The van der Waals surface area contributed by atoms with Crippen LogP contribution in [0.1, 0.15) is 35.7 Å². The largest absolute Gasteiger partial charge is 0.351 e. The third kappa shape index (κ3) is 2.56. The molecule has 0 amide bonds. The van der Waals surface area contributed by atoms with E-state index in [0.29, 0.717) is 0 Å². The summed E-state index contributed by atoms with van der Waals surface area (Å²) >= 11 is 0. The number of aryl methyl sites for hydroxylation is 2. The molecule has 0 fully saturated rings. The van der Waals surface area contributed by atoms with E-state index in [0.717, 1.165) is 37.8 Å². The molecule has 0 aliphatic heterocycles. The van der Waals surface area contributed by atoms with Gasteiger partial charge in [0, 0.05) is 24.5 Å². The molecule has 0 bridgehead atoms. The Morgan fingerprint density at radius 1 is 1.32 bits per heavy atom. The van der Waals surface area contributed by atoms with Crippen molar-refractivity contribution >= 4 is 0 Å². The number of nitrogens with two attached hydrogens (primary N) is 1. The van der Waals surface area contributed by atoms with Gasteiger partial charge < -0.3 is 10.3 Å². The highest BCUT2D eigenvalue weighted by Crippen LogP contribution is 2.28. The van der Waals surface area contributed by atoms with Crippen LogP contribution in [0.15, 0.2) is 36.5 Å². The topological polar surface area (TPSA) is 30.9 Å². The molecule has 1 aromatic heterocycles. The second kappa shape index (κ2) is 5.17. The van der Waals surface area contributed by atoms with E-state index in [1.165, 1.54) is 17.3 Å². The zero-order chi connectivity index (χ0) is 13.2. The average molecular weight is 258 g/mol. The van der Waals surface area contributed by atoms with Gasteiger partial charge >= 0.3 is 0 Å². The molecule has 2 aromatic rings. The zero-order valence-corrected chi connectivity index (χ0v) is 11.0. The fraction of sp³-hybridized carbons (Fsp3) is 0.375. The van der Waals surface area contributed by atoms with Crippen LogP contribution in [0, 0.1) is 5.82 Å². The monoisotopic (exact) mass is 258 g/mol. The van der Waals surface area contributed by atoms with Crippen molar-refractivity contribution in [3.63, 3.8) is 0 Å². The van der Waals surface area contributed by atoms with Gasteiger partial charge in [0.15, 0.2) is 0 Å². The van der Waals surface area contributed by atoms with Crippen molar-refractivity contribution in [3.8, 4) is 0 Å². The van der Waals surface area contributed by atoms with Crippen LogP contribution in [0.3, 0.4) is 0 Å². The number of halogens is 1. The first-order chi connectivity index (χ1) is 9.24. The summed E-state index contributed by atoms with van der Waals surface area (Å²) in [6.45, 7) is 0.894. The fourth-order valence-corrected chi connectivity index (χ4v) is 2.94. The van der Waals surface area contributed by atoms with Crippen molar-refractivity contribution in [1.82, 2.24) is 4.57 Å². The Morgan fingerprint density at radius 2 is 2.21 bits per heavy atom. The number of nitrogens with zero attached hydrogens (tertiary/aromatic N) is 1. The first kappa shape index (κ1) is 12.4. The molecule has 1 aliphatic carbocycles. The van der Waals surface area contributed by atoms with Gasteiger partial charge in [-0.05, 0) is 55.0 Å². The van der Waals surface area contributed by atoms with Crippen molar-refractivity contribution in [2.45, 2.75) is 38.3 Å². The van der Waals surface area contributed by atoms with Crippen LogP contribution in [0.2, 0.25) is 0 Å². The van der Waals surface area contributed by atoms with Gasteiger partial charge in [0.25, 0.3) is 0 Å². The molecule has 19 heavy (non-hydrogen) atoms. The van der Waals surface area contributed by atoms with Crippen molar-refractivity contribution in [1.29, 1.82) is 0 Å². The van der Waals surface area contributed by atoms with Gasteiger partial charge in [-0.3, -0.25) is 0 Å². The normalized spacial score (nSPS) is 18.3. The highest BCUT2D eigenvalue weighted by atomic mass is 19.1. The molecule has 3 heteroatoms. The summed E-state index contributed by atoms with van der Waals surface area (Å²) in [7, 11) is 0. The van der Waals surface area contributed by atoms with Crippen molar-refractivity contribution in [2.75, 3.05) is 0 Å². The standard InChI is InChI=1S/C16H19FN2/c17-13-4-1-3-12(11-13)7-9-19-10-8-14-15(18)5-2-6-16(14)19/h1,3-4,8,10-11,15H,2,5-7,9,18H2. The summed E-state index contributed by atoms with van der Waals surface area (Å²) in [5, 5.41) is 0. The second-order valence-corrected chi connectivity index (χ2v) is 5.29. The van der Waals surface area contributed by atoms with Crippen molar-refractivity contribution < 1.29 is 4.39 Å². The quantitative estimate of drug-likeness (QED) is 0.900. The first-order valence-corrected chi connectivity index (χ1v) is 6.92. The Balaban J connectivity index is 1.74. The minimum atomic E-state index is -0.158. The van der Waals surface area contributed by atoms with Gasteiger partial charge in [-0.2, -0.15) is 0 Å². The van der Waals surface area contributed by atoms with E-state index in [9.17, 15) is 4.39 Å². The van der Waals surface area contributed by atoms with E-state index in [1.54, 1.807) is 12.1 Å². The molecule has 0 saturated heterocycles. The molecule has 1 aromatic carbocycles. The van der Waals surface area contributed by atoms with E-state index in [-0.39, 0.29) is 11.9 Å². The predicted octanol–water partition coefficient (Wildman–Crippen LogP) is 3.21. The highest BCUT2D eigenvalue weighted by molar-refractivity contribution is 5.28. The Bertz CT molecular complexity index is 574. The lowest BCUT2D eigenvalue weighted by Crippen LogP contribution is -2.18. The molecule has 0 spiro atoms. The molecule has 0 radical (unpaired) electrons. The smallest absolute Gasteiger partial charge is 0.123 e. The molecular weight excluding hydrogens is 239 g/mol. The van der Waals surface area contributed by atoms with Gasteiger partial charge in [0.1, 0.15) is 5.82 Å². The summed E-state index contributed by atoms with van der Waals surface area (Å²) in [5.41, 5.74) is 9.84. The SMILES string of the molecule is NC1CCCc2c1ccn2CCc1cccc(F)c1. The lowest BCUT2D eigenvalue weighted by Gasteiger charge is -2.21. The first-order valence-electron chi connectivity index (χ1n) is 6.92. The molecule has 3 rings (SSSR count). The van der Waals surface area contributed by atoms with E-state index >= 15 is 0 Å². The van der Waals surface area contributed by atoms with Gasteiger partial charge in [0.2, 0.25) is 0 Å². The summed E-state index contributed by atoms with van der Waals surface area (Å²) in [5.74, 6) is -0.158. The Hall–Kier alpha value is -1.61. The molecular formula is C16H19FN2. The van der Waals surface area contributed by atoms with Crippen LogP contribution in [0.5, 0.6) is 0 Å². The van der Waals surface area contributed by atoms with E-state index in [2.05, 4.69) is 16.8 Å². The Kier molecular flexibility index (Phi) is 3.38. The maximum Gasteiger partial charge on any atom is 0.123 e. The summed E-state index contributed by atoms with van der Waals surface area (Å²) in [6.07, 6.45) is 6.33. The van der Waals surface area contributed by atoms with Crippen LogP contribution in [-0.2, 0) is 19.4 Å². The van der Waals surface area contributed by atoms with Crippen molar-refractivity contribution in [3.05, 3.63) is 59.2 Å². The van der Waals surface area contributed by atoms with Crippen LogP contribution in [-0.4, -0.2) is 4.57 Å². The molecule has 2 nitrogen and oxygen atoms in total. The van der Waals surface area contributed by atoms with Crippen LogP contribution < -0.4 is 5.73 Å². The zero-order valence-electron chi connectivity index (χ0n) is 11.0. The number of hydrogen-bond acceptors (Lipinski definition) is 1.